The van der Waals surface area contributed by atoms with Crippen molar-refractivity contribution in [1.29, 1.82) is 0 Å². The Morgan fingerprint density at radius 3 is 2.68 bits per heavy atom. The molecule has 2 heterocycles. The molecule has 19 heavy (non-hydrogen) atoms. The number of aliphatic hydroxyl groups is 1. The lowest BCUT2D eigenvalue weighted by Crippen LogP contribution is -2.54. The van der Waals surface area contributed by atoms with Crippen LogP contribution in [0.3, 0.4) is 0 Å². The molecular weight excluding hydrogens is 250 g/mol. The first-order chi connectivity index (χ1) is 8.99. The molecule has 7 nitrogen and oxygen atoms in total. The molecule has 108 valence electrons. The van der Waals surface area contributed by atoms with Crippen LogP contribution in [0, 0.1) is 0 Å². The normalized spacial score (nSPS) is 29.6. The number of nitrogens with one attached hydrogen (secondary N) is 2. The monoisotopic (exact) mass is 271 g/mol. The molecule has 2 rings (SSSR count). The minimum atomic E-state index is -1.28. The molecule has 0 aromatic heterocycles. The van der Waals surface area contributed by atoms with Gasteiger partial charge in [0.2, 0.25) is 0 Å². The number of rotatable bonds is 4. The zero-order valence-corrected chi connectivity index (χ0v) is 11.0. The summed E-state index contributed by atoms with van der Waals surface area (Å²) in [5, 5.41) is 23.3. The number of aliphatic hydroxyl groups excluding tert-OH is 1. The highest BCUT2D eigenvalue weighted by Gasteiger charge is 2.38. The van der Waals surface area contributed by atoms with E-state index in [0.29, 0.717) is 6.04 Å². The van der Waals surface area contributed by atoms with Crippen molar-refractivity contribution in [3.63, 3.8) is 0 Å². The van der Waals surface area contributed by atoms with Crippen molar-refractivity contribution in [1.82, 2.24) is 15.5 Å². The first-order valence-electron chi connectivity index (χ1n) is 6.71. The topological polar surface area (TPSA) is 102 Å². The molecule has 2 aliphatic heterocycles. The van der Waals surface area contributed by atoms with Crippen LogP contribution in [0.15, 0.2) is 0 Å². The van der Waals surface area contributed by atoms with Gasteiger partial charge in [-0.1, -0.05) is 0 Å². The third-order valence-electron chi connectivity index (χ3n) is 3.96. The van der Waals surface area contributed by atoms with Crippen molar-refractivity contribution in [3.05, 3.63) is 0 Å². The van der Waals surface area contributed by atoms with Gasteiger partial charge in [-0.25, -0.2) is 9.59 Å². The number of nitrogens with zero attached hydrogens (tertiary/aromatic N) is 1. The minimum absolute atomic E-state index is 0.0749. The zero-order valence-electron chi connectivity index (χ0n) is 11.0. The highest BCUT2D eigenvalue weighted by molar-refractivity contribution is 5.83. The van der Waals surface area contributed by atoms with E-state index >= 15 is 0 Å². The van der Waals surface area contributed by atoms with Crippen molar-refractivity contribution >= 4 is 12.0 Å². The maximum absolute atomic E-state index is 11.8. The van der Waals surface area contributed by atoms with Gasteiger partial charge in [-0.3, -0.25) is 4.90 Å². The van der Waals surface area contributed by atoms with Crippen LogP contribution in [0.4, 0.5) is 4.79 Å². The van der Waals surface area contributed by atoms with Crippen molar-refractivity contribution in [3.8, 4) is 0 Å². The molecule has 0 spiro atoms. The van der Waals surface area contributed by atoms with E-state index in [0.717, 1.165) is 32.4 Å². The summed E-state index contributed by atoms with van der Waals surface area (Å²) in [6, 6.07) is -1.35. The highest BCUT2D eigenvalue weighted by atomic mass is 16.4. The van der Waals surface area contributed by atoms with Crippen molar-refractivity contribution in [2.75, 3.05) is 13.1 Å². The predicted molar refractivity (Wildman–Crippen MR) is 67.8 cm³/mol. The second-order valence-corrected chi connectivity index (χ2v) is 5.32. The summed E-state index contributed by atoms with van der Waals surface area (Å²) in [4.78, 5) is 25.0. The molecule has 2 saturated heterocycles. The Kier molecular flexibility index (Phi) is 4.26. The molecule has 2 amide bonds. The van der Waals surface area contributed by atoms with Crippen LogP contribution in [0.25, 0.3) is 0 Å². The fourth-order valence-corrected chi connectivity index (χ4v) is 2.99. The summed E-state index contributed by atoms with van der Waals surface area (Å²) in [6.07, 6.45) is 1.99. The molecule has 2 aliphatic rings. The van der Waals surface area contributed by atoms with Crippen LogP contribution in [0.1, 0.15) is 26.2 Å². The first kappa shape index (κ1) is 14.1. The molecule has 0 bridgehead atoms. The summed E-state index contributed by atoms with van der Waals surface area (Å²) < 4.78 is 0. The standard InChI is InChI=1S/C12H21N3O4/c1-7(16)10(11(17)18)14-12(19)13-8-4-6-15-5-2-3-9(8)15/h7-10,16H,2-6H2,1H3,(H,17,18)(H2,13,14,19)/t7-,8?,9?,10+/m1/s1. The minimum Gasteiger partial charge on any atom is -0.480 e. The number of hydrogen-bond acceptors (Lipinski definition) is 4. The maximum Gasteiger partial charge on any atom is 0.328 e. The van der Waals surface area contributed by atoms with Gasteiger partial charge in [0.05, 0.1) is 6.10 Å². The van der Waals surface area contributed by atoms with E-state index in [1.165, 1.54) is 6.92 Å². The molecule has 4 atom stereocenters. The highest BCUT2D eigenvalue weighted by Crippen LogP contribution is 2.27. The van der Waals surface area contributed by atoms with Gasteiger partial charge in [0, 0.05) is 18.6 Å². The fourth-order valence-electron chi connectivity index (χ4n) is 2.99. The Bertz CT molecular complexity index is 361. The number of carboxylic acids is 1. The summed E-state index contributed by atoms with van der Waals surface area (Å²) in [7, 11) is 0. The Morgan fingerprint density at radius 1 is 1.32 bits per heavy atom. The van der Waals surface area contributed by atoms with Crippen LogP contribution < -0.4 is 10.6 Å². The maximum atomic E-state index is 11.8. The number of amides is 2. The molecule has 0 radical (unpaired) electrons. The van der Waals surface area contributed by atoms with E-state index in [1.54, 1.807) is 0 Å². The van der Waals surface area contributed by atoms with Gasteiger partial charge < -0.3 is 20.8 Å². The van der Waals surface area contributed by atoms with Crippen LogP contribution in [0.5, 0.6) is 0 Å². The smallest absolute Gasteiger partial charge is 0.328 e. The van der Waals surface area contributed by atoms with Crippen LogP contribution in [-0.4, -0.2) is 64.4 Å². The van der Waals surface area contributed by atoms with Gasteiger partial charge in [-0.2, -0.15) is 0 Å². The number of hydrogen-bond donors (Lipinski definition) is 4. The molecule has 0 aliphatic carbocycles. The zero-order chi connectivity index (χ0) is 14.0. The number of carboxylic acid groups (broad SMARTS) is 1. The summed E-state index contributed by atoms with van der Waals surface area (Å²) in [5.74, 6) is -1.24. The number of urea groups is 1. The van der Waals surface area contributed by atoms with E-state index in [-0.39, 0.29) is 6.04 Å². The van der Waals surface area contributed by atoms with E-state index in [9.17, 15) is 14.7 Å². The van der Waals surface area contributed by atoms with Crippen molar-refractivity contribution < 1.29 is 19.8 Å². The average Bonchev–Trinajstić information content (AvgIpc) is 2.90. The lowest BCUT2D eigenvalue weighted by molar-refractivity contribution is -0.141. The number of fused-ring (bicyclic) bond motifs is 1. The van der Waals surface area contributed by atoms with Crippen LogP contribution in [0.2, 0.25) is 0 Å². The second kappa shape index (κ2) is 5.75. The van der Waals surface area contributed by atoms with Crippen molar-refractivity contribution in [2.24, 2.45) is 0 Å². The molecular formula is C12H21N3O4. The quantitative estimate of drug-likeness (QED) is 0.544. The first-order valence-corrected chi connectivity index (χ1v) is 6.71. The Balaban J connectivity index is 1.85. The van der Waals surface area contributed by atoms with Gasteiger partial charge in [0.1, 0.15) is 0 Å². The molecule has 0 aromatic rings. The van der Waals surface area contributed by atoms with Crippen molar-refractivity contribution in [2.45, 2.75) is 50.4 Å². The van der Waals surface area contributed by atoms with E-state index in [4.69, 9.17) is 5.11 Å². The van der Waals surface area contributed by atoms with E-state index < -0.39 is 24.1 Å². The lowest BCUT2D eigenvalue weighted by atomic mass is 10.1. The molecule has 2 fully saturated rings. The van der Waals surface area contributed by atoms with E-state index in [2.05, 4.69) is 15.5 Å². The van der Waals surface area contributed by atoms with E-state index in [1.807, 2.05) is 0 Å². The predicted octanol–water partition coefficient (Wildman–Crippen LogP) is -0.644. The molecule has 0 aromatic carbocycles. The van der Waals surface area contributed by atoms with Gasteiger partial charge in [-0.05, 0) is 32.7 Å². The summed E-state index contributed by atoms with van der Waals surface area (Å²) >= 11 is 0. The number of carbonyl (C=O) groups is 2. The molecule has 7 heteroatoms. The SMILES string of the molecule is C[C@@H](O)[C@H](NC(=O)NC1CCN2CCCC12)C(=O)O. The third-order valence-corrected chi connectivity index (χ3v) is 3.96. The molecule has 2 unspecified atom stereocenters. The Labute approximate surface area is 112 Å². The van der Waals surface area contributed by atoms with Crippen LogP contribution in [-0.2, 0) is 4.79 Å². The average molecular weight is 271 g/mol. The fraction of sp³-hybridized carbons (Fsp3) is 0.833. The number of carbonyl (C=O) groups excluding carboxylic acids is 1. The third kappa shape index (κ3) is 3.16. The largest absolute Gasteiger partial charge is 0.480 e. The molecule has 0 saturated carbocycles. The van der Waals surface area contributed by atoms with Gasteiger partial charge in [0.15, 0.2) is 6.04 Å². The van der Waals surface area contributed by atoms with Crippen LogP contribution >= 0.6 is 0 Å². The molecule has 4 N–H and O–H groups in total. The van der Waals surface area contributed by atoms with Gasteiger partial charge in [-0.15, -0.1) is 0 Å². The number of aliphatic carboxylic acids is 1. The Morgan fingerprint density at radius 2 is 2.05 bits per heavy atom. The summed E-state index contributed by atoms with van der Waals surface area (Å²) in [5.41, 5.74) is 0. The van der Waals surface area contributed by atoms with Gasteiger partial charge >= 0.3 is 12.0 Å². The second-order valence-electron chi connectivity index (χ2n) is 5.32. The van der Waals surface area contributed by atoms with Gasteiger partial charge in [0.25, 0.3) is 0 Å². The summed E-state index contributed by atoms with van der Waals surface area (Å²) in [6.45, 7) is 3.40. The Hall–Kier alpha value is -1.34. The lowest BCUT2D eigenvalue weighted by Gasteiger charge is -2.23.